The molecule has 1 aliphatic rings. The summed E-state index contributed by atoms with van der Waals surface area (Å²) in [6.45, 7) is 6.90. The lowest BCUT2D eigenvalue weighted by molar-refractivity contribution is 0.502. The molecule has 4 heterocycles. The highest BCUT2D eigenvalue weighted by Crippen LogP contribution is 2.31. The first-order valence-electron chi connectivity index (χ1n) is 7.92. The van der Waals surface area contributed by atoms with Gasteiger partial charge in [-0.15, -0.1) is 0 Å². The van der Waals surface area contributed by atoms with E-state index in [0.717, 1.165) is 31.0 Å². The van der Waals surface area contributed by atoms with Crippen LogP contribution in [0.3, 0.4) is 0 Å². The fourth-order valence-corrected chi connectivity index (χ4v) is 3.16. The molecule has 6 heteroatoms. The first-order valence-corrected chi connectivity index (χ1v) is 7.92. The van der Waals surface area contributed by atoms with Crippen LogP contribution >= 0.6 is 0 Å². The van der Waals surface area contributed by atoms with E-state index in [1.165, 1.54) is 11.3 Å². The highest BCUT2D eigenvalue weighted by atomic mass is 15.3. The Morgan fingerprint density at radius 3 is 2.78 bits per heavy atom. The van der Waals surface area contributed by atoms with Crippen molar-refractivity contribution in [2.24, 2.45) is 0 Å². The van der Waals surface area contributed by atoms with Gasteiger partial charge in [0.15, 0.2) is 0 Å². The second kappa shape index (κ2) is 5.53. The summed E-state index contributed by atoms with van der Waals surface area (Å²) in [6.07, 6.45) is 9.37. The summed E-state index contributed by atoms with van der Waals surface area (Å²) in [5.74, 6) is 0. The number of aromatic nitrogens is 5. The zero-order chi connectivity index (χ0) is 15.8. The van der Waals surface area contributed by atoms with Crippen molar-refractivity contribution in [2.75, 3.05) is 4.90 Å². The quantitative estimate of drug-likeness (QED) is 0.743. The van der Waals surface area contributed by atoms with Gasteiger partial charge in [-0.2, -0.15) is 5.10 Å². The summed E-state index contributed by atoms with van der Waals surface area (Å²) in [5.41, 5.74) is 4.96. The van der Waals surface area contributed by atoms with Crippen LogP contribution in [0.2, 0.25) is 0 Å². The molecule has 0 aromatic carbocycles. The molecule has 0 N–H and O–H groups in total. The van der Waals surface area contributed by atoms with E-state index in [4.69, 9.17) is 5.10 Å². The average molecular weight is 308 g/mol. The molecule has 23 heavy (non-hydrogen) atoms. The Hall–Kier alpha value is -2.63. The third kappa shape index (κ3) is 2.50. The number of hydrogen-bond acceptors (Lipinski definition) is 4. The van der Waals surface area contributed by atoms with Crippen molar-refractivity contribution in [3.05, 3.63) is 60.2 Å². The Kier molecular flexibility index (Phi) is 3.37. The molecule has 0 saturated heterocycles. The van der Waals surface area contributed by atoms with Gasteiger partial charge in [-0.3, -0.25) is 9.67 Å². The largest absolute Gasteiger partial charge is 0.360 e. The van der Waals surface area contributed by atoms with Gasteiger partial charge in [0.2, 0.25) is 0 Å². The Balaban J connectivity index is 1.68. The van der Waals surface area contributed by atoms with Crippen molar-refractivity contribution in [3.8, 4) is 0 Å². The maximum absolute atomic E-state index is 4.86. The van der Waals surface area contributed by atoms with Crippen LogP contribution in [0.5, 0.6) is 0 Å². The maximum atomic E-state index is 4.86. The van der Waals surface area contributed by atoms with Crippen molar-refractivity contribution < 1.29 is 0 Å². The molecule has 0 atom stereocenters. The average Bonchev–Trinajstić information content (AvgIpc) is 3.26. The number of imidazole rings is 1. The standard InChI is InChI=1S/C17H20N6/c1-13(2)23-17-11-22(14-4-3-5-18-8-14)9-15(17)16(20-23)10-21-7-6-19-12-21/h3-8,12-13H,9-11H2,1-2H3. The SMILES string of the molecule is CC(C)n1nc(Cn2ccnc2)c2c1CN(c1cccnc1)C2. The van der Waals surface area contributed by atoms with Gasteiger partial charge in [-0.05, 0) is 26.0 Å². The number of rotatable bonds is 4. The number of nitrogens with zero attached hydrogens (tertiary/aromatic N) is 6. The second-order valence-corrected chi connectivity index (χ2v) is 6.21. The molecule has 1 aliphatic heterocycles. The maximum Gasteiger partial charge on any atom is 0.0949 e. The minimum Gasteiger partial charge on any atom is -0.360 e. The van der Waals surface area contributed by atoms with Crippen LogP contribution in [0.25, 0.3) is 0 Å². The Morgan fingerprint density at radius 1 is 1.17 bits per heavy atom. The van der Waals surface area contributed by atoms with E-state index in [-0.39, 0.29) is 0 Å². The molecule has 0 radical (unpaired) electrons. The van der Waals surface area contributed by atoms with Crippen LogP contribution in [0, 0.1) is 0 Å². The highest BCUT2D eigenvalue weighted by molar-refractivity contribution is 5.50. The predicted molar refractivity (Wildman–Crippen MR) is 88.1 cm³/mol. The Bertz CT molecular complexity index is 788. The van der Waals surface area contributed by atoms with Crippen LogP contribution in [0.4, 0.5) is 5.69 Å². The Morgan fingerprint density at radius 2 is 2.09 bits per heavy atom. The molecule has 0 unspecified atom stereocenters. The second-order valence-electron chi connectivity index (χ2n) is 6.21. The van der Waals surface area contributed by atoms with E-state index in [1.807, 2.05) is 37.2 Å². The molecule has 6 nitrogen and oxygen atoms in total. The first-order chi connectivity index (χ1) is 11.2. The molecule has 3 aromatic heterocycles. The highest BCUT2D eigenvalue weighted by Gasteiger charge is 2.28. The van der Waals surface area contributed by atoms with E-state index in [1.54, 1.807) is 0 Å². The van der Waals surface area contributed by atoms with Gasteiger partial charge in [0.1, 0.15) is 0 Å². The van der Waals surface area contributed by atoms with Crippen LogP contribution in [-0.4, -0.2) is 24.3 Å². The predicted octanol–water partition coefficient (Wildman–Crippen LogP) is 2.62. The summed E-state index contributed by atoms with van der Waals surface area (Å²) in [5, 5.41) is 4.86. The zero-order valence-corrected chi connectivity index (χ0v) is 13.4. The van der Waals surface area contributed by atoms with E-state index in [0.29, 0.717) is 6.04 Å². The van der Waals surface area contributed by atoms with Gasteiger partial charge in [-0.1, -0.05) is 0 Å². The third-order valence-electron chi connectivity index (χ3n) is 4.28. The molecular formula is C17H20N6. The minimum atomic E-state index is 0.356. The van der Waals surface area contributed by atoms with E-state index in [2.05, 4.69) is 44.0 Å². The van der Waals surface area contributed by atoms with Gasteiger partial charge in [0.05, 0.1) is 42.7 Å². The van der Waals surface area contributed by atoms with Crippen molar-refractivity contribution >= 4 is 5.69 Å². The van der Waals surface area contributed by atoms with Crippen molar-refractivity contribution in [1.82, 2.24) is 24.3 Å². The topological polar surface area (TPSA) is 51.8 Å². The van der Waals surface area contributed by atoms with Gasteiger partial charge in [-0.25, -0.2) is 4.98 Å². The van der Waals surface area contributed by atoms with Gasteiger partial charge in [0, 0.05) is 36.7 Å². The molecule has 0 amide bonds. The van der Waals surface area contributed by atoms with Crippen LogP contribution in [0.1, 0.15) is 36.8 Å². The fourth-order valence-electron chi connectivity index (χ4n) is 3.16. The number of fused-ring (bicyclic) bond motifs is 1. The van der Waals surface area contributed by atoms with E-state index in [9.17, 15) is 0 Å². The molecule has 0 saturated carbocycles. The minimum absolute atomic E-state index is 0.356. The lowest BCUT2D eigenvalue weighted by atomic mass is 10.2. The molecule has 3 aromatic rings. The van der Waals surface area contributed by atoms with Gasteiger partial charge >= 0.3 is 0 Å². The van der Waals surface area contributed by atoms with Gasteiger partial charge in [0.25, 0.3) is 0 Å². The van der Waals surface area contributed by atoms with Crippen LogP contribution < -0.4 is 4.90 Å². The lowest BCUT2D eigenvalue weighted by Crippen LogP contribution is -2.18. The first kappa shape index (κ1) is 14.0. The van der Waals surface area contributed by atoms with Crippen LogP contribution in [-0.2, 0) is 19.6 Å². The molecule has 0 spiro atoms. The van der Waals surface area contributed by atoms with E-state index >= 15 is 0 Å². The normalized spacial score (nSPS) is 13.8. The third-order valence-corrected chi connectivity index (χ3v) is 4.28. The molecule has 0 fully saturated rings. The molecule has 0 aliphatic carbocycles. The monoisotopic (exact) mass is 308 g/mol. The van der Waals surface area contributed by atoms with Crippen LogP contribution in [0.15, 0.2) is 43.2 Å². The summed E-state index contributed by atoms with van der Waals surface area (Å²) < 4.78 is 4.23. The van der Waals surface area contributed by atoms with Crippen molar-refractivity contribution in [1.29, 1.82) is 0 Å². The summed E-state index contributed by atoms with van der Waals surface area (Å²) in [7, 11) is 0. The summed E-state index contributed by atoms with van der Waals surface area (Å²) in [4.78, 5) is 10.7. The summed E-state index contributed by atoms with van der Waals surface area (Å²) >= 11 is 0. The molecule has 118 valence electrons. The zero-order valence-electron chi connectivity index (χ0n) is 13.4. The number of pyridine rings is 1. The smallest absolute Gasteiger partial charge is 0.0949 e. The molecule has 0 bridgehead atoms. The van der Waals surface area contributed by atoms with Gasteiger partial charge < -0.3 is 9.47 Å². The fraction of sp³-hybridized carbons (Fsp3) is 0.353. The van der Waals surface area contributed by atoms with Crippen molar-refractivity contribution in [2.45, 2.75) is 39.5 Å². The number of anilines is 1. The molecular weight excluding hydrogens is 288 g/mol. The molecule has 4 rings (SSSR count). The Labute approximate surface area is 135 Å². The van der Waals surface area contributed by atoms with Crippen molar-refractivity contribution in [3.63, 3.8) is 0 Å². The number of hydrogen-bond donors (Lipinski definition) is 0. The van der Waals surface area contributed by atoms with E-state index < -0.39 is 0 Å². The lowest BCUT2D eigenvalue weighted by Gasteiger charge is -2.19. The summed E-state index contributed by atoms with van der Waals surface area (Å²) in [6, 6.07) is 4.45.